The summed E-state index contributed by atoms with van der Waals surface area (Å²) in [7, 11) is 0. The number of rotatable bonds is 6. The average molecular weight is 354 g/mol. The van der Waals surface area contributed by atoms with Gasteiger partial charge in [0.25, 0.3) is 0 Å². The van der Waals surface area contributed by atoms with Gasteiger partial charge in [0.05, 0.1) is 13.1 Å². The standard InChI is InChI=1S/C25H26N2/c1-3-5-15-26-17-27(16-6-4-2)25-21-12-8-10-19-14-13-18-9-7-11-20(24(25)26)22(18)23(19)21/h7-14H,3-6,15-16H2,1-2H3. The van der Waals surface area contributed by atoms with Crippen LogP contribution in [0.2, 0.25) is 0 Å². The molecule has 0 saturated carbocycles. The van der Waals surface area contributed by atoms with Crippen molar-refractivity contribution in [1.82, 2.24) is 4.57 Å². The fourth-order valence-electron chi connectivity index (χ4n) is 4.55. The fourth-order valence-corrected chi connectivity index (χ4v) is 4.55. The van der Waals surface area contributed by atoms with Crippen LogP contribution in [0.25, 0.3) is 43.4 Å². The Morgan fingerprint density at radius 3 is 2.19 bits per heavy atom. The summed E-state index contributed by atoms with van der Waals surface area (Å²) >= 11 is 0. The molecule has 0 aliphatic heterocycles. The minimum Gasteiger partial charge on any atom is -0.344 e. The molecular weight excluding hydrogens is 328 g/mol. The quantitative estimate of drug-likeness (QED) is 0.194. The van der Waals surface area contributed by atoms with Crippen LogP contribution in [0.15, 0.2) is 48.5 Å². The molecule has 0 unspecified atom stereocenters. The van der Waals surface area contributed by atoms with Crippen LogP contribution >= 0.6 is 0 Å². The van der Waals surface area contributed by atoms with Gasteiger partial charge in [0.2, 0.25) is 6.33 Å². The van der Waals surface area contributed by atoms with Crippen molar-refractivity contribution in [3.8, 4) is 0 Å². The predicted molar refractivity (Wildman–Crippen MR) is 114 cm³/mol. The zero-order valence-electron chi connectivity index (χ0n) is 16.3. The minimum atomic E-state index is 1.03. The Morgan fingerprint density at radius 2 is 1.48 bits per heavy atom. The zero-order chi connectivity index (χ0) is 18.4. The third-order valence-electron chi connectivity index (χ3n) is 5.87. The highest BCUT2D eigenvalue weighted by Crippen LogP contribution is 2.39. The molecule has 0 aliphatic rings. The first-order chi connectivity index (χ1) is 13.3. The molecule has 0 bridgehead atoms. The number of nitrogens with zero attached hydrogens (tertiary/aromatic N) is 2. The molecule has 0 amide bonds. The summed E-state index contributed by atoms with van der Waals surface area (Å²) in [4.78, 5) is 0. The second-order valence-electron chi connectivity index (χ2n) is 7.68. The molecule has 0 aliphatic carbocycles. The second-order valence-corrected chi connectivity index (χ2v) is 7.68. The number of benzene rings is 4. The number of imidazole rings is 1. The van der Waals surface area contributed by atoms with Gasteiger partial charge in [0, 0.05) is 11.0 Å². The highest BCUT2D eigenvalue weighted by molar-refractivity contribution is 6.31. The molecule has 136 valence electrons. The van der Waals surface area contributed by atoms with Gasteiger partial charge in [-0.1, -0.05) is 75.2 Å². The molecule has 27 heavy (non-hydrogen) atoms. The van der Waals surface area contributed by atoms with Crippen LogP contribution < -0.4 is 4.57 Å². The van der Waals surface area contributed by atoms with Gasteiger partial charge in [-0.15, -0.1) is 0 Å². The van der Waals surface area contributed by atoms with E-state index in [2.05, 4.69) is 77.8 Å². The molecule has 5 aromatic rings. The van der Waals surface area contributed by atoms with Crippen LogP contribution in [0, 0.1) is 6.33 Å². The van der Waals surface area contributed by atoms with E-state index in [-0.39, 0.29) is 0 Å². The summed E-state index contributed by atoms with van der Waals surface area (Å²) in [6, 6.07) is 18.0. The minimum absolute atomic E-state index is 1.03. The van der Waals surface area contributed by atoms with Crippen molar-refractivity contribution in [3.05, 3.63) is 54.9 Å². The molecule has 0 radical (unpaired) electrons. The highest BCUT2D eigenvalue weighted by atomic mass is 15.1. The summed E-state index contributed by atoms with van der Waals surface area (Å²) in [6.07, 6.45) is 8.49. The fraction of sp³-hybridized carbons (Fsp3) is 0.320. The van der Waals surface area contributed by atoms with Crippen molar-refractivity contribution in [2.75, 3.05) is 0 Å². The van der Waals surface area contributed by atoms with Gasteiger partial charge in [-0.05, 0) is 45.2 Å². The Kier molecular flexibility index (Phi) is 4.00. The molecule has 0 fully saturated rings. The van der Waals surface area contributed by atoms with Gasteiger partial charge in [-0.3, -0.25) is 0 Å². The summed E-state index contributed by atoms with van der Waals surface area (Å²) in [5.41, 5.74) is 2.72. The predicted octanol–water partition coefficient (Wildman–Crippen LogP) is 6.23. The Hall–Kier alpha value is -2.61. The lowest BCUT2D eigenvalue weighted by Gasteiger charge is -2.16. The van der Waals surface area contributed by atoms with E-state index in [0.29, 0.717) is 0 Å². The average Bonchev–Trinajstić information content (AvgIpc) is 3.08. The monoisotopic (exact) mass is 354 g/mol. The molecule has 5 rings (SSSR count). The Balaban J connectivity index is 1.99. The molecule has 1 heterocycles. The summed E-state index contributed by atoms with van der Waals surface area (Å²) < 4.78 is 4.77. The Labute approximate surface area is 160 Å². The lowest BCUT2D eigenvalue weighted by atomic mass is 9.93. The molecule has 2 nitrogen and oxygen atoms in total. The lowest BCUT2D eigenvalue weighted by molar-refractivity contribution is -0.676. The smallest absolute Gasteiger partial charge is 0.204 e. The van der Waals surface area contributed by atoms with E-state index in [1.165, 1.54) is 69.0 Å². The molecular formula is C25H26N2. The lowest BCUT2D eigenvalue weighted by Crippen LogP contribution is -2.33. The van der Waals surface area contributed by atoms with Gasteiger partial charge < -0.3 is 9.13 Å². The van der Waals surface area contributed by atoms with E-state index < -0.39 is 0 Å². The van der Waals surface area contributed by atoms with E-state index in [9.17, 15) is 0 Å². The third kappa shape index (κ3) is 2.43. The van der Waals surface area contributed by atoms with E-state index in [1.807, 2.05) is 0 Å². The highest BCUT2D eigenvalue weighted by Gasteiger charge is 2.16. The molecule has 4 aromatic carbocycles. The van der Waals surface area contributed by atoms with Crippen LogP contribution in [-0.4, -0.2) is 4.57 Å². The maximum Gasteiger partial charge on any atom is 0.204 e. The second kappa shape index (κ2) is 6.53. The van der Waals surface area contributed by atoms with E-state index >= 15 is 0 Å². The molecule has 0 N–H and O–H groups in total. The summed E-state index contributed by atoms with van der Waals surface area (Å²) in [5, 5.41) is 8.22. The van der Waals surface area contributed by atoms with Gasteiger partial charge in [-0.25, -0.2) is 0 Å². The summed E-state index contributed by atoms with van der Waals surface area (Å²) in [6.45, 7) is 6.59. The van der Waals surface area contributed by atoms with E-state index in [4.69, 9.17) is 0 Å². The molecule has 0 atom stereocenters. The van der Waals surface area contributed by atoms with Crippen molar-refractivity contribution in [1.29, 1.82) is 0 Å². The Morgan fingerprint density at radius 1 is 0.815 bits per heavy atom. The maximum absolute atomic E-state index is 3.72. The normalized spacial score (nSPS) is 12.2. The van der Waals surface area contributed by atoms with Crippen molar-refractivity contribution >= 4 is 43.4 Å². The number of unbranched alkanes of at least 4 members (excludes halogenated alkanes) is 2. The van der Waals surface area contributed by atoms with E-state index in [0.717, 1.165) is 13.1 Å². The largest absolute Gasteiger partial charge is 0.344 e. The van der Waals surface area contributed by atoms with Crippen LogP contribution in [-0.2, 0) is 13.1 Å². The maximum atomic E-state index is 3.72. The third-order valence-corrected chi connectivity index (χ3v) is 5.87. The van der Waals surface area contributed by atoms with Crippen molar-refractivity contribution < 1.29 is 4.57 Å². The first-order valence-electron chi connectivity index (χ1n) is 10.3. The van der Waals surface area contributed by atoms with Crippen molar-refractivity contribution in [2.45, 2.75) is 52.6 Å². The molecule has 0 spiro atoms. The number of hydrogen-bond donors (Lipinski definition) is 0. The number of fused-ring (bicyclic) bond motifs is 3. The SMILES string of the molecule is CCCCn1[c-][n+](CCCC)c2c3cccc4ccc5cccc(c5c43)c21. The van der Waals surface area contributed by atoms with Crippen LogP contribution in [0.1, 0.15) is 39.5 Å². The van der Waals surface area contributed by atoms with Gasteiger partial charge in [0.15, 0.2) is 0 Å². The van der Waals surface area contributed by atoms with Crippen molar-refractivity contribution in [3.63, 3.8) is 0 Å². The molecule has 0 saturated heterocycles. The van der Waals surface area contributed by atoms with Gasteiger partial charge in [0.1, 0.15) is 0 Å². The van der Waals surface area contributed by atoms with Crippen LogP contribution in [0.4, 0.5) is 0 Å². The first-order valence-corrected chi connectivity index (χ1v) is 10.3. The number of aromatic nitrogens is 2. The summed E-state index contributed by atoms with van der Waals surface area (Å²) in [5.74, 6) is 0. The first kappa shape index (κ1) is 16.6. The molecule has 2 heteroatoms. The van der Waals surface area contributed by atoms with Crippen molar-refractivity contribution in [2.24, 2.45) is 0 Å². The topological polar surface area (TPSA) is 8.81 Å². The van der Waals surface area contributed by atoms with Crippen LogP contribution in [0.3, 0.4) is 0 Å². The van der Waals surface area contributed by atoms with E-state index in [1.54, 1.807) is 0 Å². The number of hydrogen-bond acceptors (Lipinski definition) is 0. The van der Waals surface area contributed by atoms with Gasteiger partial charge in [-0.2, -0.15) is 0 Å². The van der Waals surface area contributed by atoms with Crippen LogP contribution in [0.5, 0.6) is 0 Å². The van der Waals surface area contributed by atoms with Gasteiger partial charge >= 0.3 is 0 Å². The number of aryl methyl sites for hydroxylation is 2. The zero-order valence-corrected chi connectivity index (χ0v) is 16.3. The Bertz CT molecular complexity index is 1150. The molecule has 1 aromatic heterocycles.